The number of allylic oxidation sites excluding steroid dienone is 1. The molecule has 0 atom stereocenters. The van der Waals surface area contributed by atoms with E-state index in [0.717, 1.165) is 31.6 Å². The molecule has 0 amide bonds. The molecule has 32 heavy (non-hydrogen) atoms. The Kier molecular flexibility index (Phi) is 8.38. The maximum absolute atomic E-state index is 9.81. The van der Waals surface area contributed by atoms with Gasteiger partial charge in [-0.05, 0) is 83.8 Å². The number of phenols is 1. The van der Waals surface area contributed by atoms with Crippen LogP contribution in [-0.4, -0.2) is 24.7 Å². The van der Waals surface area contributed by atoms with Crippen LogP contribution in [0.3, 0.4) is 0 Å². The van der Waals surface area contributed by atoms with E-state index in [1.54, 1.807) is 12.1 Å². The molecule has 1 aliphatic heterocycles. The van der Waals surface area contributed by atoms with Crippen molar-refractivity contribution < 1.29 is 5.11 Å². The Labute approximate surface area is 198 Å². The molecule has 3 aromatic rings. The van der Waals surface area contributed by atoms with Crippen molar-refractivity contribution in [3.63, 3.8) is 0 Å². The zero-order valence-electron chi connectivity index (χ0n) is 18.7. The van der Waals surface area contributed by atoms with Crippen LogP contribution in [0.1, 0.15) is 42.9 Å². The summed E-state index contributed by atoms with van der Waals surface area (Å²) in [6, 6.07) is 27.1. The Hall–Kier alpha value is -2.75. The Morgan fingerprint density at radius 3 is 1.94 bits per heavy atom. The first-order valence-electron chi connectivity index (χ1n) is 11.3. The Morgan fingerprint density at radius 2 is 1.41 bits per heavy atom. The molecule has 0 unspecified atom stereocenters. The van der Waals surface area contributed by atoms with Gasteiger partial charge in [0.1, 0.15) is 5.75 Å². The monoisotopic (exact) mass is 448 g/mol. The van der Waals surface area contributed by atoms with Crippen molar-refractivity contribution in [1.82, 2.24) is 0 Å². The van der Waals surface area contributed by atoms with Gasteiger partial charge in [-0.2, -0.15) is 0 Å². The molecule has 0 saturated carbocycles. The van der Waals surface area contributed by atoms with E-state index in [-0.39, 0.29) is 18.2 Å². The molecular weight excluding hydrogens is 416 g/mol. The molecule has 4 rings (SSSR count). The third-order valence-corrected chi connectivity index (χ3v) is 6.40. The molecule has 1 fully saturated rings. The average molecular weight is 449 g/mol. The summed E-state index contributed by atoms with van der Waals surface area (Å²) in [7, 11) is 0. The zero-order valence-corrected chi connectivity index (χ0v) is 19.5. The van der Waals surface area contributed by atoms with E-state index in [1.165, 1.54) is 40.8 Å². The maximum atomic E-state index is 9.81. The number of hydrogen-bond donors (Lipinski definition) is 2. The number of nitrogens with zero attached hydrogens (tertiary/aromatic N) is 1. The van der Waals surface area contributed by atoms with E-state index in [1.807, 2.05) is 12.1 Å². The lowest BCUT2D eigenvalue weighted by Gasteiger charge is -2.33. The summed E-state index contributed by atoms with van der Waals surface area (Å²) in [5, 5.41) is 9.81. The predicted octanol–water partition coefficient (Wildman–Crippen LogP) is 6.36. The molecule has 168 valence electrons. The second-order valence-electron chi connectivity index (χ2n) is 8.33. The normalized spacial score (nSPS) is 15.1. The van der Waals surface area contributed by atoms with Gasteiger partial charge in [0.25, 0.3) is 0 Å². The van der Waals surface area contributed by atoms with Crippen molar-refractivity contribution in [2.75, 3.05) is 24.5 Å². The number of rotatable bonds is 6. The van der Waals surface area contributed by atoms with Crippen LogP contribution in [0.15, 0.2) is 78.9 Å². The molecule has 0 spiro atoms. The van der Waals surface area contributed by atoms with Crippen LogP contribution in [-0.2, 0) is 0 Å². The van der Waals surface area contributed by atoms with Crippen molar-refractivity contribution in [2.45, 2.75) is 26.2 Å². The fraction of sp³-hybridized carbons (Fsp3) is 0.286. The molecular formula is C28H33ClN2O. The zero-order chi connectivity index (χ0) is 21.6. The van der Waals surface area contributed by atoms with Crippen molar-refractivity contribution in [3.05, 3.63) is 95.6 Å². The minimum Gasteiger partial charge on any atom is -0.508 e. The summed E-state index contributed by atoms with van der Waals surface area (Å²) >= 11 is 0. The molecule has 0 bridgehead atoms. The fourth-order valence-corrected chi connectivity index (χ4v) is 4.57. The quantitative estimate of drug-likeness (QED) is 0.431. The lowest BCUT2D eigenvalue weighted by Crippen LogP contribution is -2.36. The molecule has 0 aliphatic carbocycles. The van der Waals surface area contributed by atoms with Crippen LogP contribution in [0.4, 0.5) is 5.69 Å². The Bertz CT molecular complexity index is 1010. The third kappa shape index (κ3) is 5.35. The van der Waals surface area contributed by atoms with Gasteiger partial charge in [-0.3, -0.25) is 0 Å². The van der Waals surface area contributed by atoms with Gasteiger partial charge in [0, 0.05) is 18.8 Å². The lowest BCUT2D eigenvalue weighted by molar-refractivity contribution is 0.414. The molecule has 0 aromatic heterocycles. The fourth-order valence-electron chi connectivity index (χ4n) is 4.57. The first-order chi connectivity index (χ1) is 15.2. The van der Waals surface area contributed by atoms with Crippen LogP contribution in [0.5, 0.6) is 5.75 Å². The first kappa shape index (κ1) is 23.9. The first-order valence-corrected chi connectivity index (χ1v) is 11.3. The van der Waals surface area contributed by atoms with E-state index < -0.39 is 0 Å². The lowest BCUT2D eigenvalue weighted by atomic mass is 9.88. The van der Waals surface area contributed by atoms with Crippen LogP contribution in [0.25, 0.3) is 11.1 Å². The Balaban J connectivity index is 0.00000289. The summed E-state index contributed by atoms with van der Waals surface area (Å²) in [5.41, 5.74) is 13.2. The van der Waals surface area contributed by atoms with E-state index in [9.17, 15) is 5.11 Å². The molecule has 3 aromatic carbocycles. The summed E-state index contributed by atoms with van der Waals surface area (Å²) < 4.78 is 0. The van der Waals surface area contributed by atoms with Crippen LogP contribution < -0.4 is 10.6 Å². The van der Waals surface area contributed by atoms with Crippen molar-refractivity contribution in [1.29, 1.82) is 0 Å². The summed E-state index contributed by atoms with van der Waals surface area (Å²) in [5.74, 6) is 0.953. The van der Waals surface area contributed by atoms with Crippen molar-refractivity contribution >= 4 is 29.2 Å². The van der Waals surface area contributed by atoms with Crippen molar-refractivity contribution in [3.8, 4) is 5.75 Å². The van der Waals surface area contributed by atoms with Crippen LogP contribution in [0.2, 0.25) is 0 Å². The molecule has 3 nitrogen and oxygen atoms in total. The molecule has 1 heterocycles. The highest BCUT2D eigenvalue weighted by atomic mass is 35.5. The van der Waals surface area contributed by atoms with Gasteiger partial charge in [-0.1, -0.05) is 61.5 Å². The smallest absolute Gasteiger partial charge is 0.115 e. The second kappa shape index (κ2) is 11.2. The highest BCUT2D eigenvalue weighted by Crippen LogP contribution is 2.36. The minimum atomic E-state index is 0. The number of hydrogen-bond acceptors (Lipinski definition) is 3. The van der Waals surface area contributed by atoms with Gasteiger partial charge in [0.2, 0.25) is 0 Å². The average Bonchev–Trinajstić information content (AvgIpc) is 2.84. The molecule has 0 radical (unpaired) electrons. The summed E-state index contributed by atoms with van der Waals surface area (Å²) in [6.07, 6.45) is 3.27. The highest BCUT2D eigenvalue weighted by Gasteiger charge is 2.19. The standard InChI is InChI=1S/C28H32N2O.ClH/c1-2-27(22-6-4-3-5-7-22)28(24-10-14-26(31)15-11-24)23-8-12-25(13-9-23)30-18-16-21(20-29)17-19-30;/h3-15,21,31H,2,16-20,29H2,1H3;1H. The van der Waals surface area contributed by atoms with Crippen LogP contribution >= 0.6 is 12.4 Å². The highest BCUT2D eigenvalue weighted by molar-refractivity contribution is 5.98. The third-order valence-electron chi connectivity index (χ3n) is 6.40. The topological polar surface area (TPSA) is 49.5 Å². The number of anilines is 1. The molecule has 1 saturated heterocycles. The number of piperidine rings is 1. The van der Waals surface area contributed by atoms with E-state index in [0.29, 0.717) is 5.92 Å². The van der Waals surface area contributed by atoms with Crippen LogP contribution in [0, 0.1) is 5.92 Å². The van der Waals surface area contributed by atoms with Gasteiger partial charge in [-0.15, -0.1) is 12.4 Å². The minimum absolute atomic E-state index is 0. The summed E-state index contributed by atoms with van der Waals surface area (Å²) in [4.78, 5) is 2.47. The van der Waals surface area contributed by atoms with E-state index >= 15 is 0 Å². The number of halogens is 1. The van der Waals surface area contributed by atoms with Gasteiger partial charge in [-0.25, -0.2) is 0 Å². The van der Waals surface area contributed by atoms with Gasteiger partial charge >= 0.3 is 0 Å². The molecule has 4 heteroatoms. The van der Waals surface area contributed by atoms with Crippen molar-refractivity contribution in [2.24, 2.45) is 11.7 Å². The molecule has 3 N–H and O–H groups in total. The SMILES string of the molecule is CCC(=C(c1ccc(O)cc1)c1ccc(N2CCC(CN)CC2)cc1)c1ccccc1.Cl. The summed E-state index contributed by atoms with van der Waals surface area (Å²) in [6.45, 7) is 5.16. The molecule has 1 aliphatic rings. The number of aromatic hydroxyl groups is 1. The second-order valence-corrected chi connectivity index (χ2v) is 8.33. The van der Waals surface area contributed by atoms with Gasteiger partial charge < -0.3 is 15.7 Å². The number of phenolic OH excluding ortho intramolecular Hbond substituents is 1. The maximum Gasteiger partial charge on any atom is 0.115 e. The number of benzene rings is 3. The van der Waals surface area contributed by atoms with Gasteiger partial charge in [0.05, 0.1) is 0 Å². The van der Waals surface area contributed by atoms with E-state index in [2.05, 4.69) is 66.4 Å². The Morgan fingerprint density at radius 1 is 0.844 bits per heavy atom. The van der Waals surface area contributed by atoms with Gasteiger partial charge in [0.15, 0.2) is 0 Å². The number of nitrogens with two attached hydrogens (primary N) is 1. The van der Waals surface area contributed by atoms with E-state index in [4.69, 9.17) is 5.73 Å². The predicted molar refractivity (Wildman–Crippen MR) is 138 cm³/mol. The largest absolute Gasteiger partial charge is 0.508 e.